The SMILES string of the molecule is COC(=O)CN(Cc1cc(OC)cc(OC)c1)C(=O)CCn1cnc2ccccc2c1=O. The molecule has 0 radical (unpaired) electrons. The summed E-state index contributed by atoms with van der Waals surface area (Å²) in [6.07, 6.45) is 1.44. The lowest BCUT2D eigenvalue weighted by Gasteiger charge is -2.22. The molecule has 32 heavy (non-hydrogen) atoms. The Morgan fingerprint density at radius 2 is 1.72 bits per heavy atom. The van der Waals surface area contributed by atoms with Crippen LogP contribution >= 0.6 is 0 Å². The summed E-state index contributed by atoms with van der Waals surface area (Å²) >= 11 is 0. The number of fused-ring (bicyclic) bond motifs is 1. The Bertz CT molecular complexity index is 1150. The minimum absolute atomic E-state index is 0.0119. The van der Waals surface area contributed by atoms with Gasteiger partial charge in [-0.2, -0.15) is 0 Å². The lowest BCUT2D eigenvalue weighted by atomic mass is 10.1. The van der Waals surface area contributed by atoms with E-state index in [-0.39, 0.29) is 37.5 Å². The molecule has 0 unspecified atom stereocenters. The molecule has 0 N–H and O–H groups in total. The molecular formula is C23H25N3O6. The number of esters is 1. The molecule has 3 aromatic rings. The van der Waals surface area contributed by atoms with E-state index in [0.29, 0.717) is 22.4 Å². The van der Waals surface area contributed by atoms with Gasteiger partial charge in [-0.15, -0.1) is 0 Å². The summed E-state index contributed by atoms with van der Waals surface area (Å²) in [7, 11) is 4.33. The van der Waals surface area contributed by atoms with Crippen LogP contribution in [0, 0.1) is 0 Å². The first kappa shape index (κ1) is 22.8. The van der Waals surface area contributed by atoms with Crippen molar-refractivity contribution in [1.82, 2.24) is 14.5 Å². The highest BCUT2D eigenvalue weighted by Gasteiger charge is 2.19. The van der Waals surface area contributed by atoms with Gasteiger partial charge in [0.25, 0.3) is 5.56 Å². The number of rotatable bonds is 9. The summed E-state index contributed by atoms with van der Waals surface area (Å²) in [6, 6.07) is 12.3. The molecule has 9 heteroatoms. The molecule has 0 fully saturated rings. The Hall–Kier alpha value is -3.88. The number of aryl methyl sites for hydroxylation is 1. The standard InChI is InChI=1S/C23H25N3O6/c1-30-17-10-16(11-18(12-17)31-2)13-26(14-22(28)32-3)21(27)8-9-25-15-24-20-7-5-4-6-19(20)23(25)29/h4-7,10-12,15H,8-9,13-14H2,1-3H3. The van der Waals surface area contributed by atoms with Crippen LogP contribution in [0.25, 0.3) is 10.9 Å². The van der Waals surface area contributed by atoms with Crippen molar-refractivity contribution in [3.63, 3.8) is 0 Å². The highest BCUT2D eigenvalue weighted by atomic mass is 16.5. The van der Waals surface area contributed by atoms with E-state index < -0.39 is 5.97 Å². The normalized spacial score (nSPS) is 10.6. The van der Waals surface area contributed by atoms with E-state index >= 15 is 0 Å². The van der Waals surface area contributed by atoms with Crippen LogP contribution < -0.4 is 15.0 Å². The van der Waals surface area contributed by atoms with Crippen molar-refractivity contribution in [2.45, 2.75) is 19.5 Å². The van der Waals surface area contributed by atoms with Crippen LogP contribution in [0.2, 0.25) is 0 Å². The van der Waals surface area contributed by atoms with Gasteiger partial charge >= 0.3 is 5.97 Å². The van der Waals surface area contributed by atoms with Crippen LogP contribution in [0.15, 0.2) is 53.6 Å². The predicted molar refractivity (Wildman–Crippen MR) is 118 cm³/mol. The van der Waals surface area contributed by atoms with E-state index in [1.807, 2.05) is 0 Å². The lowest BCUT2D eigenvalue weighted by Crippen LogP contribution is -2.36. The number of ether oxygens (including phenoxy) is 3. The summed E-state index contributed by atoms with van der Waals surface area (Å²) in [5, 5.41) is 0.484. The molecule has 0 saturated heterocycles. The molecule has 9 nitrogen and oxygen atoms in total. The Kier molecular flexibility index (Phi) is 7.43. The van der Waals surface area contributed by atoms with Crippen molar-refractivity contribution in [1.29, 1.82) is 0 Å². The minimum atomic E-state index is -0.544. The Morgan fingerprint density at radius 1 is 1.03 bits per heavy atom. The molecule has 3 rings (SSSR count). The van der Waals surface area contributed by atoms with Crippen LogP contribution in [0.1, 0.15) is 12.0 Å². The largest absolute Gasteiger partial charge is 0.497 e. The van der Waals surface area contributed by atoms with E-state index in [1.165, 1.54) is 37.1 Å². The molecule has 0 bridgehead atoms. The fourth-order valence-corrected chi connectivity index (χ4v) is 3.27. The number of hydrogen-bond acceptors (Lipinski definition) is 7. The molecule has 0 saturated carbocycles. The van der Waals surface area contributed by atoms with Crippen molar-refractivity contribution in [2.75, 3.05) is 27.9 Å². The number of nitrogens with zero attached hydrogens (tertiary/aromatic N) is 3. The zero-order valence-electron chi connectivity index (χ0n) is 18.2. The van der Waals surface area contributed by atoms with Crippen molar-refractivity contribution in [2.24, 2.45) is 0 Å². The monoisotopic (exact) mass is 439 g/mol. The molecule has 0 atom stereocenters. The van der Waals surface area contributed by atoms with Gasteiger partial charge in [-0.1, -0.05) is 12.1 Å². The van der Waals surface area contributed by atoms with E-state index in [0.717, 1.165) is 5.56 Å². The molecule has 0 spiro atoms. The van der Waals surface area contributed by atoms with Crippen molar-refractivity contribution in [3.05, 3.63) is 64.7 Å². The maximum Gasteiger partial charge on any atom is 0.325 e. The summed E-state index contributed by atoms with van der Waals surface area (Å²) in [6.45, 7) is 0.0562. The molecule has 1 aromatic heterocycles. The summed E-state index contributed by atoms with van der Waals surface area (Å²) < 4.78 is 16.7. The number of carbonyl (C=O) groups excluding carboxylic acids is 2. The number of aromatic nitrogens is 2. The second-order valence-corrected chi connectivity index (χ2v) is 7.06. The smallest absolute Gasteiger partial charge is 0.325 e. The van der Waals surface area contributed by atoms with Gasteiger partial charge < -0.3 is 19.1 Å². The molecular weight excluding hydrogens is 414 g/mol. The molecule has 1 amide bonds. The van der Waals surface area contributed by atoms with Gasteiger partial charge in [0.05, 0.1) is 38.6 Å². The number of para-hydroxylation sites is 1. The van der Waals surface area contributed by atoms with Gasteiger partial charge in [0.2, 0.25) is 5.91 Å². The second-order valence-electron chi connectivity index (χ2n) is 7.06. The molecule has 0 aliphatic rings. The molecule has 0 aliphatic carbocycles. The van der Waals surface area contributed by atoms with Crippen molar-refractivity contribution >= 4 is 22.8 Å². The first-order chi connectivity index (χ1) is 15.4. The maximum absolute atomic E-state index is 13.0. The number of hydrogen-bond donors (Lipinski definition) is 0. The lowest BCUT2D eigenvalue weighted by molar-refractivity contribution is -0.147. The molecule has 168 valence electrons. The van der Waals surface area contributed by atoms with Gasteiger partial charge in [-0.25, -0.2) is 4.98 Å². The van der Waals surface area contributed by atoms with Crippen LogP contribution in [0.3, 0.4) is 0 Å². The third-order valence-corrected chi connectivity index (χ3v) is 4.98. The van der Waals surface area contributed by atoms with Crippen molar-refractivity contribution in [3.8, 4) is 11.5 Å². The Balaban J connectivity index is 1.78. The number of methoxy groups -OCH3 is 3. The zero-order valence-corrected chi connectivity index (χ0v) is 18.2. The maximum atomic E-state index is 13.0. The third kappa shape index (κ3) is 5.42. The van der Waals surface area contributed by atoms with E-state index in [9.17, 15) is 14.4 Å². The highest BCUT2D eigenvalue weighted by Crippen LogP contribution is 2.23. The minimum Gasteiger partial charge on any atom is -0.497 e. The van der Waals surface area contributed by atoms with Crippen LogP contribution in [0.5, 0.6) is 11.5 Å². The second kappa shape index (κ2) is 10.4. The summed E-state index contributed by atoms with van der Waals surface area (Å²) in [5.41, 5.74) is 1.10. The fourth-order valence-electron chi connectivity index (χ4n) is 3.27. The average Bonchev–Trinajstić information content (AvgIpc) is 2.82. The highest BCUT2D eigenvalue weighted by molar-refractivity contribution is 5.82. The molecule has 2 aromatic carbocycles. The molecule has 1 heterocycles. The van der Waals surface area contributed by atoms with E-state index in [2.05, 4.69) is 4.98 Å². The predicted octanol–water partition coefficient (Wildman–Crippen LogP) is 2.01. The first-order valence-electron chi connectivity index (χ1n) is 9.96. The topological polar surface area (TPSA) is 100.0 Å². The number of carbonyl (C=O) groups is 2. The molecule has 0 aliphatic heterocycles. The Labute approximate surface area is 185 Å². The van der Waals surface area contributed by atoms with Gasteiger partial charge in [0.1, 0.15) is 18.0 Å². The average molecular weight is 439 g/mol. The number of amides is 1. The van der Waals surface area contributed by atoms with Gasteiger partial charge in [0.15, 0.2) is 0 Å². The first-order valence-corrected chi connectivity index (χ1v) is 9.96. The van der Waals surface area contributed by atoms with Gasteiger partial charge in [0, 0.05) is 25.6 Å². The van der Waals surface area contributed by atoms with E-state index in [4.69, 9.17) is 14.2 Å². The van der Waals surface area contributed by atoms with Gasteiger partial charge in [-0.3, -0.25) is 19.0 Å². The van der Waals surface area contributed by atoms with Gasteiger partial charge in [-0.05, 0) is 29.8 Å². The Morgan fingerprint density at radius 3 is 2.38 bits per heavy atom. The quantitative estimate of drug-likeness (QED) is 0.470. The van der Waals surface area contributed by atoms with Crippen LogP contribution in [-0.4, -0.2) is 54.2 Å². The zero-order chi connectivity index (χ0) is 23.1. The number of benzene rings is 2. The van der Waals surface area contributed by atoms with Crippen LogP contribution in [0.4, 0.5) is 0 Å². The third-order valence-electron chi connectivity index (χ3n) is 4.98. The van der Waals surface area contributed by atoms with Crippen LogP contribution in [-0.2, 0) is 27.4 Å². The fraction of sp³-hybridized carbons (Fsp3) is 0.304. The van der Waals surface area contributed by atoms with Crippen molar-refractivity contribution < 1.29 is 23.8 Å². The summed E-state index contributed by atoms with van der Waals surface area (Å²) in [4.78, 5) is 43.2. The summed E-state index contributed by atoms with van der Waals surface area (Å²) in [5.74, 6) is 0.284. The van der Waals surface area contributed by atoms with E-state index in [1.54, 1.807) is 42.5 Å².